The molecular formula is C26H31FN6O2. The molecule has 3 aromatic rings. The third kappa shape index (κ3) is 5.51. The first-order chi connectivity index (χ1) is 16.9. The standard InChI is InChI=1S/C26H31FN6O2/c27-15-17-8-11-32(12-9-17)26(35)23-13-19-3-4-20(25(29)30)14-22(19)33(23)16-18-1-5-21(6-2-18)31-24(34)7-10-28/h1-6,13-14,17H,7-12,15-16,28H2,(H3,29,30)(H,31,34). The van der Waals surface area contributed by atoms with E-state index in [1.807, 2.05) is 47.0 Å². The summed E-state index contributed by atoms with van der Waals surface area (Å²) < 4.78 is 15.0. The summed E-state index contributed by atoms with van der Waals surface area (Å²) in [6.07, 6.45) is 1.58. The number of rotatable bonds is 8. The molecule has 1 fully saturated rings. The summed E-state index contributed by atoms with van der Waals surface area (Å²) in [5.74, 6) is -0.253. The van der Waals surface area contributed by atoms with E-state index < -0.39 is 0 Å². The Morgan fingerprint density at radius 2 is 1.80 bits per heavy atom. The molecule has 1 aliphatic rings. The number of likely N-dealkylation sites (tertiary alicyclic amines) is 1. The number of nitrogens with one attached hydrogen (secondary N) is 2. The lowest BCUT2D eigenvalue weighted by Crippen LogP contribution is -2.39. The number of nitrogens with zero attached hydrogens (tertiary/aromatic N) is 2. The Hall–Kier alpha value is -3.72. The Kier molecular flexibility index (Phi) is 7.45. The number of aromatic nitrogens is 1. The molecule has 35 heavy (non-hydrogen) atoms. The molecular weight excluding hydrogens is 447 g/mol. The Morgan fingerprint density at radius 1 is 1.09 bits per heavy atom. The first kappa shape index (κ1) is 24.4. The summed E-state index contributed by atoms with van der Waals surface area (Å²) in [5, 5.41) is 11.5. The highest BCUT2D eigenvalue weighted by atomic mass is 19.1. The van der Waals surface area contributed by atoms with Gasteiger partial charge in [-0.15, -0.1) is 0 Å². The number of fused-ring (bicyclic) bond motifs is 1. The van der Waals surface area contributed by atoms with Crippen LogP contribution in [0.25, 0.3) is 10.9 Å². The lowest BCUT2D eigenvalue weighted by molar-refractivity contribution is -0.116. The Bertz CT molecular complexity index is 1230. The van der Waals surface area contributed by atoms with Gasteiger partial charge in [-0.1, -0.05) is 24.3 Å². The van der Waals surface area contributed by atoms with Gasteiger partial charge in [-0.25, -0.2) is 0 Å². The van der Waals surface area contributed by atoms with Crippen LogP contribution in [0.2, 0.25) is 0 Å². The average molecular weight is 479 g/mol. The van der Waals surface area contributed by atoms with Crippen molar-refractivity contribution in [3.63, 3.8) is 0 Å². The maximum Gasteiger partial charge on any atom is 0.270 e. The van der Waals surface area contributed by atoms with Crippen LogP contribution in [0, 0.1) is 11.3 Å². The van der Waals surface area contributed by atoms with Crippen LogP contribution < -0.4 is 16.8 Å². The lowest BCUT2D eigenvalue weighted by Gasteiger charge is -2.31. The summed E-state index contributed by atoms with van der Waals surface area (Å²) in [4.78, 5) is 27.1. The fourth-order valence-corrected chi connectivity index (χ4v) is 4.45. The van der Waals surface area contributed by atoms with E-state index >= 15 is 0 Å². The van der Waals surface area contributed by atoms with Crippen molar-refractivity contribution in [3.8, 4) is 0 Å². The van der Waals surface area contributed by atoms with E-state index in [1.165, 1.54) is 0 Å². The van der Waals surface area contributed by atoms with Crippen molar-refractivity contribution in [2.75, 3.05) is 31.6 Å². The molecule has 0 spiro atoms. The van der Waals surface area contributed by atoms with E-state index in [0.29, 0.717) is 49.4 Å². The van der Waals surface area contributed by atoms with Crippen LogP contribution in [0.15, 0.2) is 48.5 Å². The minimum absolute atomic E-state index is 0.0203. The fraction of sp³-hybridized carbons (Fsp3) is 0.346. The van der Waals surface area contributed by atoms with Gasteiger partial charge in [0.1, 0.15) is 11.5 Å². The van der Waals surface area contributed by atoms with Crippen molar-refractivity contribution < 1.29 is 14.0 Å². The van der Waals surface area contributed by atoms with Gasteiger partial charge in [0.25, 0.3) is 5.91 Å². The lowest BCUT2D eigenvalue weighted by atomic mass is 9.98. The molecule has 4 rings (SSSR count). The highest BCUT2D eigenvalue weighted by Gasteiger charge is 2.26. The van der Waals surface area contributed by atoms with Crippen molar-refractivity contribution in [2.24, 2.45) is 17.4 Å². The number of piperidine rings is 1. The summed E-state index contributed by atoms with van der Waals surface area (Å²) >= 11 is 0. The quantitative estimate of drug-likeness (QED) is 0.293. The zero-order valence-corrected chi connectivity index (χ0v) is 19.6. The molecule has 1 aliphatic heterocycles. The monoisotopic (exact) mass is 478 g/mol. The molecule has 9 heteroatoms. The van der Waals surface area contributed by atoms with Gasteiger partial charge in [0.2, 0.25) is 5.91 Å². The second-order valence-electron chi connectivity index (χ2n) is 8.98. The van der Waals surface area contributed by atoms with Gasteiger partial charge in [-0.3, -0.25) is 19.4 Å². The molecule has 0 unspecified atom stereocenters. The van der Waals surface area contributed by atoms with Crippen LogP contribution in [0.3, 0.4) is 0 Å². The second-order valence-corrected chi connectivity index (χ2v) is 8.98. The highest BCUT2D eigenvalue weighted by molar-refractivity contribution is 6.02. The van der Waals surface area contributed by atoms with Crippen LogP contribution >= 0.6 is 0 Å². The molecule has 2 amide bonds. The third-order valence-electron chi connectivity index (χ3n) is 6.50. The number of anilines is 1. The van der Waals surface area contributed by atoms with E-state index in [0.717, 1.165) is 16.5 Å². The Labute approximate surface area is 203 Å². The summed E-state index contributed by atoms with van der Waals surface area (Å²) in [7, 11) is 0. The van der Waals surface area contributed by atoms with Gasteiger partial charge in [0.05, 0.1) is 6.67 Å². The topological polar surface area (TPSA) is 130 Å². The molecule has 1 aromatic heterocycles. The molecule has 1 saturated heterocycles. The van der Waals surface area contributed by atoms with E-state index in [2.05, 4.69) is 5.32 Å². The Morgan fingerprint density at radius 3 is 2.43 bits per heavy atom. The van der Waals surface area contributed by atoms with Gasteiger partial charge in [0.15, 0.2) is 0 Å². The van der Waals surface area contributed by atoms with E-state index in [9.17, 15) is 14.0 Å². The molecule has 2 aromatic carbocycles. The fourth-order valence-electron chi connectivity index (χ4n) is 4.45. The number of benzene rings is 2. The molecule has 0 aliphatic carbocycles. The minimum Gasteiger partial charge on any atom is -0.384 e. The normalized spacial score (nSPS) is 14.3. The number of nitrogen functional groups attached to an aromatic ring is 1. The van der Waals surface area contributed by atoms with Gasteiger partial charge < -0.3 is 26.3 Å². The number of carbonyl (C=O) groups is 2. The van der Waals surface area contributed by atoms with Gasteiger partial charge in [0, 0.05) is 54.8 Å². The first-order valence-electron chi connectivity index (χ1n) is 11.8. The minimum atomic E-state index is -0.348. The third-order valence-corrected chi connectivity index (χ3v) is 6.50. The number of hydrogen-bond donors (Lipinski definition) is 4. The second kappa shape index (κ2) is 10.7. The molecule has 0 saturated carbocycles. The number of amides is 2. The number of nitrogens with two attached hydrogens (primary N) is 2. The van der Waals surface area contributed by atoms with Crippen molar-refractivity contribution in [1.29, 1.82) is 5.41 Å². The van der Waals surface area contributed by atoms with Crippen LogP contribution in [-0.4, -0.2) is 53.4 Å². The summed E-state index contributed by atoms with van der Waals surface area (Å²) in [5.41, 5.74) is 14.7. The van der Waals surface area contributed by atoms with E-state index in [1.54, 1.807) is 11.0 Å². The van der Waals surface area contributed by atoms with E-state index in [4.69, 9.17) is 16.9 Å². The molecule has 2 heterocycles. The maximum atomic E-state index is 13.5. The predicted octanol–water partition coefficient (Wildman–Crippen LogP) is 3.08. The smallest absolute Gasteiger partial charge is 0.270 e. The molecule has 6 N–H and O–H groups in total. The summed E-state index contributed by atoms with van der Waals surface area (Å²) in [6.45, 7) is 1.42. The van der Waals surface area contributed by atoms with Crippen molar-refractivity contribution in [2.45, 2.75) is 25.8 Å². The zero-order chi connectivity index (χ0) is 24.9. The molecule has 8 nitrogen and oxygen atoms in total. The van der Waals surface area contributed by atoms with Crippen LogP contribution in [0.5, 0.6) is 0 Å². The Balaban J connectivity index is 1.65. The van der Waals surface area contributed by atoms with Crippen LogP contribution in [-0.2, 0) is 11.3 Å². The number of alkyl halides is 1. The van der Waals surface area contributed by atoms with Crippen molar-refractivity contribution in [1.82, 2.24) is 9.47 Å². The van der Waals surface area contributed by atoms with Gasteiger partial charge >= 0.3 is 0 Å². The maximum absolute atomic E-state index is 13.5. The predicted molar refractivity (Wildman–Crippen MR) is 135 cm³/mol. The zero-order valence-electron chi connectivity index (χ0n) is 19.6. The van der Waals surface area contributed by atoms with Gasteiger partial charge in [-0.05, 0) is 48.6 Å². The molecule has 0 radical (unpaired) electrons. The number of hydrogen-bond acceptors (Lipinski definition) is 4. The average Bonchev–Trinajstić information content (AvgIpc) is 3.22. The summed E-state index contributed by atoms with van der Waals surface area (Å²) in [6, 6.07) is 14.8. The largest absolute Gasteiger partial charge is 0.384 e. The van der Waals surface area contributed by atoms with Crippen LogP contribution in [0.4, 0.5) is 10.1 Å². The van der Waals surface area contributed by atoms with Crippen molar-refractivity contribution >= 4 is 34.2 Å². The molecule has 0 atom stereocenters. The highest BCUT2D eigenvalue weighted by Crippen LogP contribution is 2.26. The van der Waals surface area contributed by atoms with E-state index in [-0.39, 0.29) is 43.2 Å². The SMILES string of the molecule is N=C(N)c1ccc2cc(C(=O)N3CCC(CF)CC3)n(Cc3ccc(NC(=O)CCN)cc3)c2c1. The van der Waals surface area contributed by atoms with Crippen molar-refractivity contribution in [3.05, 3.63) is 65.4 Å². The number of halogens is 1. The number of carbonyl (C=O) groups excluding carboxylic acids is 2. The molecule has 184 valence electrons. The number of amidine groups is 1. The van der Waals surface area contributed by atoms with Gasteiger partial charge in [-0.2, -0.15) is 0 Å². The molecule has 0 bridgehead atoms. The first-order valence-corrected chi connectivity index (χ1v) is 11.8. The van der Waals surface area contributed by atoms with Crippen LogP contribution in [0.1, 0.15) is 40.9 Å².